The normalized spacial score (nSPS) is 18.2. The summed E-state index contributed by atoms with van der Waals surface area (Å²) in [6.07, 6.45) is 2.61. The minimum absolute atomic E-state index is 0.0298. The van der Waals surface area contributed by atoms with E-state index < -0.39 is 30.3 Å². The number of Topliss-reactive ketones (excluding diaryl/α,β-unsaturated/α-hetero) is 3. The van der Waals surface area contributed by atoms with E-state index in [-0.39, 0.29) is 61.2 Å². The van der Waals surface area contributed by atoms with Gasteiger partial charge < -0.3 is 16.4 Å². The molecular weight excluding hydrogens is 477 g/mol. The first-order chi connectivity index (χ1) is 17.3. The number of nitrogens with zero attached hydrogens (tertiary/aromatic N) is 3. The molecular formula is C27H48FN5O4. The van der Waals surface area contributed by atoms with E-state index in [4.69, 9.17) is 11.5 Å². The molecule has 10 heteroatoms. The zero-order valence-corrected chi connectivity index (χ0v) is 23.5. The lowest BCUT2D eigenvalue weighted by Gasteiger charge is -2.32. The molecule has 1 aliphatic rings. The van der Waals surface area contributed by atoms with Crippen LogP contribution in [-0.4, -0.2) is 85.0 Å². The van der Waals surface area contributed by atoms with E-state index >= 15 is 0 Å². The van der Waals surface area contributed by atoms with Gasteiger partial charge in [0.2, 0.25) is 5.91 Å². The van der Waals surface area contributed by atoms with Crippen molar-refractivity contribution in [1.82, 2.24) is 9.80 Å². The number of ketones is 3. The minimum Gasteiger partial charge on any atom is -0.370 e. The van der Waals surface area contributed by atoms with E-state index in [1.807, 2.05) is 32.8 Å². The standard InChI is InChI=1S/C27H48FN5O4/c1-17(2)13-22(32(5)6)24(35)15-20(18(3)4)26(37)33-12-8-10-21(33)23(34)14-19(25(36)16-28)9-7-11-31-27(29)30/h17-22H,7-16H2,1-6H3,(H4,29,30,31)/t19-,20+,21+,22+/m1/s1. The summed E-state index contributed by atoms with van der Waals surface area (Å²) in [6, 6.07) is -0.923. The number of hydrogen-bond acceptors (Lipinski definition) is 6. The lowest BCUT2D eigenvalue weighted by atomic mass is 9.85. The molecule has 0 unspecified atom stereocenters. The number of nitrogens with two attached hydrogens (primary N) is 2. The molecule has 0 spiro atoms. The Balaban J connectivity index is 2.97. The molecule has 1 fully saturated rings. The van der Waals surface area contributed by atoms with Crippen LogP contribution in [-0.2, 0) is 19.2 Å². The second-order valence-electron chi connectivity index (χ2n) is 11.2. The number of likely N-dealkylation sites (tertiary alicyclic amines) is 1. The summed E-state index contributed by atoms with van der Waals surface area (Å²) in [6.45, 7) is 7.55. The van der Waals surface area contributed by atoms with Crippen molar-refractivity contribution in [3.8, 4) is 0 Å². The van der Waals surface area contributed by atoms with Gasteiger partial charge in [-0.2, -0.15) is 0 Å². The second-order valence-corrected chi connectivity index (χ2v) is 11.2. The first kappa shape index (κ1) is 32.7. The van der Waals surface area contributed by atoms with Crippen molar-refractivity contribution in [2.75, 3.05) is 33.9 Å². The van der Waals surface area contributed by atoms with E-state index in [9.17, 15) is 23.6 Å². The van der Waals surface area contributed by atoms with Crippen LogP contribution in [0.3, 0.4) is 0 Å². The maximum atomic E-state index is 13.6. The van der Waals surface area contributed by atoms with Crippen molar-refractivity contribution in [3.05, 3.63) is 0 Å². The summed E-state index contributed by atoms with van der Waals surface area (Å²) >= 11 is 0. The number of hydrogen-bond donors (Lipinski definition) is 2. The summed E-state index contributed by atoms with van der Waals surface area (Å²) in [5, 5.41) is 0. The highest BCUT2D eigenvalue weighted by Crippen LogP contribution is 2.29. The molecule has 1 saturated heterocycles. The number of carbonyl (C=O) groups is 4. The lowest BCUT2D eigenvalue weighted by Crippen LogP contribution is -2.47. The van der Waals surface area contributed by atoms with Gasteiger partial charge in [0, 0.05) is 37.8 Å². The zero-order valence-electron chi connectivity index (χ0n) is 23.5. The number of alkyl halides is 1. The topological polar surface area (TPSA) is 139 Å². The third-order valence-electron chi connectivity index (χ3n) is 7.18. The Morgan fingerprint density at radius 1 is 1.05 bits per heavy atom. The van der Waals surface area contributed by atoms with Crippen LogP contribution >= 0.6 is 0 Å². The molecule has 0 bridgehead atoms. The van der Waals surface area contributed by atoms with E-state index in [0.717, 1.165) is 0 Å². The van der Waals surface area contributed by atoms with Gasteiger partial charge in [-0.05, 0) is 58.0 Å². The minimum atomic E-state index is -1.14. The Labute approximate surface area is 221 Å². The molecule has 212 valence electrons. The fraction of sp³-hybridized carbons (Fsp3) is 0.815. The van der Waals surface area contributed by atoms with Gasteiger partial charge in [0.05, 0.1) is 12.1 Å². The summed E-state index contributed by atoms with van der Waals surface area (Å²) in [4.78, 5) is 59.7. The first-order valence-electron chi connectivity index (χ1n) is 13.5. The second kappa shape index (κ2) is 15.8. The first-order valence-corrected chi connectivity index (χ1v) is 13.5. The average Bonchev–Trinajstić information content (AvgIpc) is 3.31. The van der Waals surface area contributed by atoms with Gasteiger partial charge in [0.1, 0.15) is 6.67 Å². The molecule has 0 saturated carbocycles. The van der Waals surface area contributed by atoms with Gasteiger partial charge in [0.15, 0.2) is 23.3 Å². The van der Waals surface area contributed by atoms with Crippen molar-refractivity contribution in [1.29, 1.82) is 0 Å². The predicted octanol–water partition coefficient (Wildman–Crippen LogP) is 2.35. The summed E-state index contributed by atoms with van der Waals surface area (Å²) < 4.78 is 13.2. The Morgan fingerprint density at radius 2 is 1.70 bits per heavy atom. The molecule has 0 aromatic heterocycles. The van der Waals surface area contributed by atoms with Gasteiger partial charge in [-0.15, -0.1) is 0 Å². The molecule has 1 aliphatic heterocycles. The van der Waals surface area contributed by atoms with Crippen LogP contribution in [0.4, 0.5) is 4.39 Å². The van der Waals surface area contributed by atoms with Crippen LogP contribution in [0.25, 0.3) is 0 Å². The quantitative estimate of drug-likeness (QED) is 0.169. The highest BCUT2D eigenvalue weighted by Gasteiger charge is 2.40. The monoisotopic (exact) mass is 525 g/mol. The predicted molar refractivity (Wildman–Crippen MR) is 144 cm³/mol. The van der Waals surface area contributed by atoms with Crippen molar-refractivity contribution >= 4 is 29.2 Å². The van der Waals surface area contributed by atoms with E-state index in [2.05, 4.69) is 18.8 Å². The Hall–Kier alpha value is -2.36. The molecule has 1 amide bonds. The van der Waals surface area contributed by atoms with Crippen LogP contribution in [0.5, 0.6) is 0 Å². The van der Waals surface area contributed by atoms with E-state index in [0.29, 0.717) is 38.1 Å². The number of likely N-dealkylation sites (N-methyl/N-ethyl adjacent to an activating group) is 1. The molecule has 1 heterocycles. The van der Waals surface area contributed by atoms with Crippen LogP contribution in [0.2, 0.25) is 0 Å². The maximum Gasteiger partial charge on any atom is 0.227 e. The van der Waals surface area contributed by atoms with Crippen LogP contribution < -0.4 is 11.5 Å². The Morgan fingerprint density at radius 3 is 2.22 bits per heavy atom. The SMILES string of the molecule is CC(C)C[C@@H](C(=O)C[C@H](C(=O)N1CCC[C@H]1C(=O)C[C@@H](CCCN=C(N)N)C(=O)CF)C(C)C)N(C)C. The van der Waals surface area contributed by atoms with Crippen molar-refractivity contribution in [3.63, 3.8) is 0 Å². The molecule has 9 nitrogen and oxygen atoms in total. The van der Waals surface area contributed by atoms with Gasteiger partial charge in [0.25, 0.3) is 0 Å². The molecule has 4 N–H and O–H groups in total. The van der Waals surface area contributed by atoms with Crippen molar-refractivity contribution < 1.29 is 23.6 Å². The van der Waals surface area contributed by atoms with Crippen LogP contribution in [0, 0.1) is 23.7 Å². The average molecular weight is 526 g/mol. The molecule has 0 aromatic carbocycles. The molecule has 4 atom stereocenters. The fourth-order valence-corrected chi connectivity index (χ4v) is 5.03. The Bertz CT molecular complexity index is 811. The zero-order chi connectivity index (χ0) is 28.3. The fourth-order valence-electron chi connectivity index (χ4n) is 5.03. The molecule has 0 aromatic rings. The number of carbonyl (C=O) groups excluding carboxylic acids is 4. The molecule has 37 heavy (non-hydrogen) atoms. The van der Waals surface area contributed by atoms with Crippen molar-refractivity contribution in [2.45, 2.75) is 84.7 Å². The Kier molecular flexibility index (Phi) is 13.9. The molecule has 0 aliphatic carbocycles. The third-order valence-corrected chi connectivity index (χ3v) is 7.18. The van der Waals surface area contributed by atoms with Crippen LogP contribution in [0.15, 0.2) is 4.99 Å². The summed E-state index contributed by atoms with van der Waals surface area (Å²) in [5.74, 6) is -2.13. The van der Waals surface area contributed by atoms with Crippen LogP contribution in [0.1, 0.15) is 72.6 Å². The number of amides is 1. The summed E-state index contributed by atoms with van der Waals surface area (Å²) in [5.41, 5.74) is 10.6. The highest BCUT2D eigenvalue weighted by atomic mass is 19.1. The van der Waals surface area contributed by atoms with Gasteiger partial charge in [-0.25, -0.2) is 4.39 Å². The third kappa shape index (κ3) is 10.5. The number of aliphatic imine (C=N–C) groups is 1. The molecule has 0 radical (unpaired) electrons. The van der Waals surface area contributed by atoms with Crippen molar-refractivity contribution in [2.24, 2.45) is 40.1 Å². The van der Waals surface area contributed by atoms with Gasteiger partial charge in [-0.1, -0.05) is 27.7 Å². The highest BCUT2D eigenvalue weighted by molar-refractivity contribution is 5.95. The van der Waals surface area contributed by atoms with Gasteiger partial charge in [-0.3, -0.25) is 29.1 Å². The summed E-state index contributed by atoms with van der Waals surface area (Å²) in [7, 11) is 3.75. The number of guanidine groups is 1. The maximum absolute atomic E-state index is 13.6. The number of halogens is 1. The van der Waals surface area contributed by atoms with Gasteiger partial charge >= 0.3 is 0 Å². The molecule has 1 rings (SSSR count). The number of rotatable bonds is 17. The largest absolute Gasteiger partial charge is 0.370 e. The lowest BCUT2D eigenvalue weighted by molar-refractivity contribution is -0.144. The van der Waals surface area contributed by atoms with E-state index in [1.54, 1.807) is 4.90 Å². The van der Waals surface area contributed by atoms with E-state index in [1.165, 1.54) is 0 Å². The smallest absolute Gasteiger partial charge is 0.227 e.